The van der Waals surface area contributed by atoms with E-state index < -0.39 is 60.4 Å². The Balaban J connectivity index is 2.98. The van der Waals surface area contributed by atoms with Crippen LogP contribution in [0.1, 0.15) is 66.2 Å². The molecule has 0 saturated carbocycles. The molecule has 28 heavy (non-hydrogen) atoms. The first-order valence-electron chi connectivity index (χ1n) is 10.1. The van der Waals surface area contributed by atoms with Crippen molar-refractivity contribution in [2.45, 2.75) is 103 Å². The van der Waals surface area contributed by atoms with E-state index in [2.05, 4.69) is 0 Å². The fraction of sp³-hybridized carbons (Fsp3) is 0.900. The van der Waals surface area contributed by atoms with E-state index in [4.69, 9.17) is 9.47 Å². The van der Waals surface area contributed by atoms with Gasteiger partial charge in [-0.1, -0.05) is 0 Å². The van der Waals surface area contributed by atoms with Crippen LogP contribution in [0.4, 0.5) is 0 Å². The molecule has 0 bridgehead atoms. The van der Waals surface area contributed by atoms with Gasteiger partial charge in [0.15, 0.2) is 0 Å². The van der Waals surface area contributed by atoms with E-state index in [0.717, 1.165) is 0 Å². The third-order valence-corrected chi connectivity index (χ3v) is 5.24. The van der Waals surface area contributed by atoms with Gasteiger partial charge in [0.25, 0.3) is 0 Å². The van der Waals surface area contributed by atoms with Crippen molar-refractivity contribution in [1.82, 2.24) is 0 Å². The van der Waals surface area contributed by atoms with E-state index in [0.29, 0.717) is 0 Å². The smallest absolute Gasteiger partial charge is 0.311 e. The number of carbonyl (C=O) groups excluding carboxylic acids is 2. The highest BCUT2D eigenvalue weighted by atomic mass is 16.6. The normalized spacial score (nSPS) is 36.0. The second kappa shape index (κ2) is 11.7. The highest BCUT2D eigenvalue weighted by molar-refractivity contribution is 5.73. The van der Waals surface area contributed by atoms with Gasteiger partial charge in [-0.2, -0.15) is 0 Å². The first kappa shape index (κ1) is 24.8. The van der Waals surface area contributed by atoms with Gasteiger partial charge in [0, 0.05) is 12.8 Å². The van der Waals surface area contributed by atoms with E-state index >= 15 is 0 Å². The lowest BCUT2D eigenvalue weighted by Crippen LogP contribution is -2.36. The molecule has 0 aromatic heterocycles. The molecule has 8 unspecified atom stereocenters. The van der Waals surface area contributed by atoms with Crippen molar-refractivity contribution >= 4 is 11.9 Å². The Morgan fingerprint density at radius 3 is 1.39 bits per heavy atom. The van der Waals surface area contributed by atoms with Crippen molar-refractivity contribution in [2.24, 2.45) is 11.8 Å². The van der Waals surface area contributed by atoms with Crippen LogP contribution in [0, 0.1) is 11.8 Å². The Morgan fingerprint density at radius 2 is 1.11 bits per heavy atom. The minimum atomic E-state index is -0.985. The van der Waals surface area contributed by atoms with Crippen LogP contribution in [-0.2, 0) is 19.1 Å². The molecule has 0 spiro atoms. The molecule has 1 rings (SSSR count). The minimum Gasteiger partial charge on any atom is -0.462 e. The summed E-state index contributed by atoms with van der Waals surface area (Å²) in [5.41, 5.74) is 0. The Labute approximate surface area is 166 Å². The SMILES string of the molecule is CC(O)CC1CCC(O)C(C)C(=O)OC(CC(C)O)CCC(O)C(C)C(=O)O1. The number of aliphatic hydroxyl groups is 4. The van der Waals surface area contributed by atoms with Gasteiger partial charge in [0.1, 0.15) is 12.2 Å². The topological polar surface area (TPSA) is 134 Å². The van der Waals surface area contributed by atoms with E-state index in [-0.39, 0.29) is 38.5 Å². The number of hydrogen-bond acceptors (Lipinski definition) is 8. The molecule has 1 heterocycles. The van der Waals surface area contributed by atoms with Crippen molar-refractivity contribution in [2.75, 3.05) is 0 Å². The molecule has 0 aromatic carbocycles. The summed E-state index contributed by atoms with van der Waals surface area (Å²) < 4.78 is 10.9. The van der Waals surface area contributed by atoms with E-state index in [1.807, 2.05) is 0 Å². The number of aliphatic hydroxyl groups excluding tert-OH is 4. The summed E-state index contributed by atoms with van der Waals surface area (Å²) in [4.78, 5) is 24.8. The predicted octanol–water partition coefficient (Wildman–Crippen LogP) is 0.920. The third-order valence-electron chi connectivity index (χ3n) is 5.24. The molecular weight excluding hydrogens is 368 g/mol. The first-order valence-corrected chi connectivity index (χ1v) is 10.1. The molecule has 4 N–H and O–H groups in total. The Hall–Kier alpha value is -1.22. The lowest BCUT2D eigenvalue weighted by Gasteiger charge is -2.28. The van der Waals surface area contributed by atoms with Crippen molar-refractivity contribution < 1.29 is 39.5 Å². The van der Waals surface area contributed by atoms with E-state index in [1.54, 1.807) is 27.7 Å². The zero-order chi connectivity index (χ0) is 21.4. The number of carbonyl (C=O) groups is 2. The second-order valence-electron chi connectivity index (χ2n) is 8.15. The van der Waals surface area contributed by atoms with Crippen LogP contribution < -0.4 is 0 Å². The average Bonchev–Trinajstić information content (AvgIpc) is 2.60. The molecule has 8 nitrogen and oxygen atoms in total. The molecule has 0 aromatic rings. The summed E-state index contributed by atoms with van der Waals surface area (Å²) in [6, 6.07) is 0. The number of esters is 2. The first-order chi connectivity index (χ1) is 13.0. The summed E-state index contributed by atoms with van der Waals surface area (Å²) in [6.07, 6.45) is -3.26. The number of hydrogen-bond donors (Lipinski definition) is 4. The van der Waals surface area contributed by atoms with Crippen LogP contribution in [0.3, 0.4) is 0 Å². The Kier molecular flexibility index (Phi) is 10.4. The molecule has 1 aliphatic rings. The number of cyclic esters (lactones) is 2. The van der Waals surface area contributed by atoms with Crippen LogP contribution >= 0.6 is 0 Å². The van der Waals surface area contributed by atoms with E-state index in [9.17, 15) is 30.0 Å². The van der Waals surface area contributed by atoms with Gasteiger partial charge < -0.3 is 29.9 Å². The molecule has 8 atom stereocenters. The van der Waals surface area contributed by atoms with Crippen LogP contribution in [0.15, 0.2) is 0 Å². The standard InChI is InChI=1S/C20H36O8/c1-11(21)9-15-5-7-17(23)14(4)20(26)28-16(10-12(2)22)6-8-18(24)13(3)19(25)27-15/h11-18,21-24H,5-10H2,1-4H3. The maximum absolute atomic E-state index is 12.4. The molecular formula is C20H36O8. The van der Waals surface area contributed by atoms with Gasteiger partial charge in [0.05, 0.1) is 36.3 Å². The summed E-state index contributed by atoms with van der Waals surface area (Å²) >= 11 is 0. The third kappa shape index (κ3) is 8.43. The molecule has 8 heteroatoms. The van der Waals surface area contributed by atoms with Crippen LogP contribution in [-0.4, -0.2) is 69.0 Å². The average molecular weight is 405 g/mol. The molecule has 164 valence electrons. The van der Waals surface area contributed by atoms with Crippen molar-refractivity contribution in [3.63, 3.8) is 0 Å². The fourth-order valence-electron chi connectivity index (χ4n) is 3.28. The van der Waals surface area contributed by atoms with Gasteiger partial charge in [-0.15, -0.1) is 0 Å². The Bertz CT molecular complexity index is 449. The molecule has 1 aliphatic heterocycles. The summed E-state index contributed by atoms with van der Waals surface area (Å²) in [5, 5.41) is 40.0. The molecule has 0 amide bonds. The van der Waals surface area contributed by atoms with Crippen molar-refractivity contribution in [3.8, 4) is 0 Å². The zero-order valence-electron chi connectivity index (χ0n) is 17.3. The molecule has 0 aliphatic carbocycles. The predicted molar refractivity (Wildman–Crippen MR) is 101 cm³/mol. The van der Waals surface area contributed by atoms with Gasteiger partial charge in [-0.3, -0.25) is 9.59 Å². The Morgan fingerprint density at radius 1 is 0.786 bits per heavy atom. The lowest BCUT2D eigenvalue weighted by atomic mass is 9.95. The van der Waals surface area contributed by atoms with Gasteiger partial charge in [-0.05, 0) is 53.4 Å². The minimum absolute atomic E-state index is 0.193. The maximum Gasteiger partial charge on any atom is 0.311 e. The van der Waals surface area contributed by atoms with Crippen LogP contribution in [0.2, 0.25) is 0 Å². The maximum atomic E-state index is 12.4. The van der Waals surface area contributed by atoms with Gasteiger partial charge in [-0.25, -0.2) is 0 Å². The number of rotatable bonds is 4. The van der Waals surface area contributed by atoms with Gasteiger partial charge >= 0.3 is 11.9 Å². The van der Waals surface area contributed by atoms with Crippen LogP contribution in [0.25, 0.3) is 0 Å². The molecule has 1 fully saturated rings. The zero-order valence-corrected chi connectivity index (χ0v) is 17.3. The second-order valence-corrected chi connectivity index (χ2v) is 8.15. The monoisotopic (exact) mass is 404 g/mol. The highest BCUT2D eigenvalue weighted by Gasteiger charge is 2.32. The molecule has 0 radical (unpaired) electrons. The summed E-state index contributed by atoms with van der Waals surface area (Å²) in [7, 11) is 0. The largest absolute Gasteiger partial charge is 0.462 e. The summed E-state index contributed by atoms with van der Waals surface area (Å²) in [6.45, 7) is 6.28. The fourth-order valence-corrected chi connectivity index (χ4v) is 3.28. The van der Waals surface area contributed by atoms with Crippen LogP contribution in [0.5, 0.6) is 0 Å². The number of ether oxygens (including phenoxy) is 2. The summed E-state index contributed by atoms with van der Waals surface area (Å²) in [5.74, 6) is -2.71. The van der Waals surface area contributed by atoms with E-state index in [1.165, 1.54) is 0 Å². The quantitative estimate of drug-likeness (QED) is 0.508. The highest BCUT2D eigenvalue weighted by Crippen LogP contribution is 2.23. The molecule has 1 saturated heterocycles. The van der Waals surface area contributed by atoms with Crippen molar-refractivity contribution in [1.29, 1.82) is 0 Å². The van der Waals surface area contributed by atoms with Crippen molar-refractivity contribution in [3.05, 3.63) is 0 Å². The lowest BCUT2D eigenvalue weighted by molar-refractivity contribution is -0.164. The van der Waals surface area contributed by atoms with Gasteiger partial charge in [0.2, 0.25) is 0 Å².